The highest BCUT2D eigenvalue weighted by Gasteiger charge is 2.32. The number of likely N-dealkylation sites (tertiary alicyclic amines) is 1. The van der Waals surface area contributed by atoms with Crippen LogP contribution in [0.15, 0.2) is 30.5 Å². The Morgan fingerprint density at radius 2 is 1.97 bits per heavy atom. The molecular weight excluding hydrogens is 488 g/mol. The molecule has 2 aliphatic heterocycles. The molecule has 2 unspecified atom stereocenters. The third kappa shape index (κ3) is 5.30. The van der Waals surface area contributed by atoms with Crippen molar-refractivity contribution in [3.63, 3.8) is 0 Å². The van der Waals surface area contributed by atoms with E-state index in [0.717, 1.165) is 73.3 Å². The number of benzene rings is 1. The van der Waals surface area contributed by atoms with Crippen molar-refractivity contribution in [2.75, 3.05) is 35.5 Å². The van der Waals surface area contributed by atoms with E-state index < -0.39 is 10.0 Å². The Balaban J connectivity index is 1.49. The van der Waals surface area contributed by atoms with Crippen LogP contribution in [0.4, 0.5) is 11.5 Å². The van der Waals surface area contributed by atoms with Gasteiger partial charge < -0.3 is 9.80 Å². The molecule has 0 aliphatic carbocycles. The van der Waals surface area contributed by atoms with E-state index in [1.54, 1.807) is 12.1 Å². The predicted octanol–water partition coefficient (Wildman–Crippen LogP) is 4.19. The fourth-order valence-electron chi connectivity index (χ4n) is 5.54. The van der Waals surface area contributed by atoms with Crippen LogP contribution in [0.2, 0.25) is 0 Å². The maximum atomic E-state index is 13.9. The van der Waals surface area contributed by atoms with Gasteiger partial charge in [0.25, 0.3) is 5.91 Å². The second-order valence-electron chi connectivity index (χ2n) is 10.6. The molecule has 0 radical (unpaired) electrons. The van der Waals surface area contributed by atoms with E-state index in [0.29, 0.717) is 23.7 Å². The summed E-state index contributed by atoms with van der Waals surface area (Å²) >= 11 is 0. The fraction of sp³-hybridized carbons (Fsp3) is 0.519. The van der Waals surface area contributed by atoms with Crippen LogP contribution in [0.3, 0.4) is 0 Å². The van der Waals surface area contributed by atoms with Crippen molar-refractivity contribution >= 4 is 33.1 Å². The lowest BCUT2D eigenvalue weighted by Gasteiger charge is -2.35. The maximum Gasteiger partial charge on any atom is 0.256 e. The lowest BCUT2D eigenvalue weighted by Crippen LogP contribution is -2.39. The number of nitrogens with one attached hydrogen (secondary N) is 1. The summed E-state index contributed by atoms with van der Waals surface area (Å²) in [4.78, 5) is 23.1. The first-order chi connectivity index (χ1) is 17.6. The van der Waals surface area contributed by atoms with Crippen LogP contribution >= 0.6 is 0 Å². The minimum Gasteiger partial charge on any atom is -0.356 e. The molecule has 1 N–H and O–H groups in total. The molecule has 2 aromatic heterocycles. The number of anilines is 2. The normalized spacial score (nSPS) is 20.5. The van der Waals surface area contributed by atoms with E-state index in [1.165, 1.54) is 6.42 Å². The number of piperidine rings is 1. The van der Waals surface area contributed by atoms with Crippen molar-refractivity contribution < 1.29 is 13.2 Å². The van der Waals surface area contributed by atoms with Gasteiger partial charge in [-0.05, 0) is 62.6 Å². The number of carbonyl (C=O) groups is 1. The molecule has 1 amide bonds. The van der Waals surface area contributed by atoms with Gasteiger partial charge in [0.2, 0.25) is 10.0 Å². The SMILES string of the molecule is CCc1ccc(NS(C)(=O)=O)c(C(=O)N2CCCCC2c2cc3nc(N4CCC(C)C4)c(C)cn3n2)c1. The average Bonchev–Trinajstić information content (AvgIpc) is 3.48. The lowest BCUT2D eigenvalue weighted by molar-refractivity contribution is 0.0606. The number of rotatable bonds is 6. The molecule has 2 atom stereocenters. The van der Waals surface area contributed by atoms with Gasteiger partial charge >= 0.3 is 0 Å². The van der Waals surface area contributed by atoms with Crippen molar-refractivity contribution in [1.82, 2.24) is 19.5 Å². The van der Waals surface area contributed by atoms with Gasteiger partial charge in [-0.3, -0.25) is 9.52 Å². The van der Waals surface area contributed by atoms with Crippen LogP contribution in [-0.4, -0.2) is 59.7 Å². The molecule has 2 aliphatic rings. The first-order valence-corrected chi connectivity index (χ1v) is 15.1. The van der Waals surface area contributed by atoms with Crippen molar-refractivity contribution in [3.05, 3.63) is 52.8 Å². The second kappa shape index (κ2) is 9.96. The number of sulfonamides is 1. The number of nitrogens with zero attached hydrogens (tertiary/aromatic N) is 5. The van der Waals surface area contributed by atoms with Crippen molar-refractivity contribution in [2.45, 2.75) is 58.9 Å². The molecule has 1 aromatic carbocycles. The van der Waals surface area contributed by atoms with E-state index in [2.05, 4.69) is 23.5 Å². The van der Waals surface area contributed by atoms with Gasteiger partial charge in [-0.2, -0.15) is 5.10 Å². The van der Waals surface area contributed by atoms with Gasteiger partial charge in [0.1, 0.15) is 5.82 Å². The number of amides is 1. The molecule has 5 rings (SSSR count). The van der Waals surface area contributed by atoms with Crippen LogP contribution in [0.5, 0.6) is 0 Å². The topological polar surface area (TPSA) is 99.9 Å². The van der Waals surface area contributed by atoms with E-state index >= 15 is 0 Å². The van der Waals surface area contributed by atoms with Crippen molar-refractivity contribution in [2.24, 2.45) is 5.92 Å². The molecule has 3 aromatic rings. The van der Waals surface area contributed by atoms with E-state index in [1.807, 2.05) is 34.7 Å². The highest BCUT2D eigenvalue weighted by Crippen LogP contribution is 2.34. The summed E-state index contributed by atoms with van der Waals surface area (Å²) in [6.45, 7) is 8.97. The van der Waals surface area contributed by atoms with Crippen LogP contribution in [0.25, 0.3) is 5.65 Å². The second-order valence-corrected chi connectivity index (χ2v) is 12.3. The lowest BCUT2D eigenvalue weighted by atomic mass is 9.97. The van der Waals surface area contributed by atoms with Gasteiger partial charge in [0, 0.05) is 37.5 Å². The van der Waals surface area contributed by atoms with E-state index in [-0.39, 0.29) is 11.9 Å². The largest absolute Gasteiger partial charge is 0.356 e. The minimum absolute atomic E-state index is 0.181. The zero-order valence-corrected chi connectivity index (χ0v) is 22.9. The Hall–Kier alpha value is -3.14. The molecule has 0 spiro atoms. The fourth-order valence-corrected chi connectivity index (χ4v) is 6.12. The summed E-state index contributed by atoms with van der Waals surface area (Å²) in [5.41, 5.74) is 4.34. The molecule has 37 heavy (non-hydrogen) atoms. The Bertz CT molecular complexity index is 1430. The summed E-state index contributed by atoms with van der Waals surface area (Å²) in [7, 11) is -3.53. The number of fused-ring (bicyclic) bond motifs is 1. The van der Waals surface area contributed by atoms with Gasteiger partial charge in [-0.15, -0.1) is 0 Å². The van der Waals surface area contributed by atoms with Gasteiger partial charge in [-0.25, -0.2) is 17.9 Å². The summed E-state index contributed by atoms with van der Waals surface area (Å²) in [5, 5.41) is 4.85. The van der Waals surface area contributed by atoms with Gasteiger partial charge in [-0.1, -0.05) is 19.9 Å². The van der Waals surface area contributed by atoms with Crippen LogP contribution in [0.1, 0.15) is 72.8 Å². The molecule has 2 fully saturated rings. The minimum atomic E-state index is -3.53. The first kappa shape index (κ1) is 25.5. The summed E-state index contributed by atoms with van der Waals surface area (Å²) in [6.07, 6.45) is 7.73. The summed E-state index contributed by atoms with van der Waals surface area (Å²) < 4.78 is 28.3. The van der Waals surface area contributed by atoms with Gasteiger partial charge in [0.05, 0.1) is 29.2 Å². The van der Waals surface area contributed by atoms with Crippen LogP contribution in [-0.2, 0) is 16.4 Å². The first-order valence-electron chi connectivity index (χ1n) is 13.2. The average molecular weight is 525 g/mol. The quantitative estimate of drug-likeness (QED) is 0.519. The van der Waals surface area contributed by atoms with E-state index in [9.17, 15) is 13.2 Å². The Morgan fingerprint density at radius 1 is 1.16 bits per heavy atom. The predicted molar refractivity (Wildman–Crippen MR) is 146 cm³/mol. The van der Waals surface area contributed by atoms with Crippen LogP contribution < -0.4 is 9.62 Å². The highest BCUT2D eigenvalue weighted by atomic mass is 32.2. The third-order valence-corrected chi connectivity index (χ3v) is 8.06. The zero-order valence-electron chi connectivity index (χ0n) is 22.1. The molecule has 198 valence electrons. The van der Waals surface area contributed by atoms with E-state index in [4.69, 9.17) is 10.1 Å². The standard InChI is InChI=1S/C27H36N6O3S/c1-5-20-9-10-22(30-37(4,35)36)21(14-20)27(34)32-12-7-6-8-24(32)23-15-25-28-26(19(3)17-33(25)29-23)31-13-11-18(2)16-31/h9-10,14-15,17-18,24,30H,5-8,11-13,16H2,1-4H3. The molecular formula is C27H36N6O3S. The maximum absolute atomic E-state index is 13.9. The van der Waals surface area contributed by atoms with Crippen molar-refractivity contribution in [3.8, 4) is 0 Å². The van der Waals surface area contributed by atoms with Gasteiger partial charge in [0.15, 0.2) is 5.65 Å². The molecule has 2 saturated heterocycles. The monoisotopic (exact) mass is 524 g/mol. The zero-order chi connectivity index (χ0) is 26.3. The summed E-state index contributed by atoms with van der Waals surface area (Å²) in [6, 6.07) is 7.14. The summed E-state index contributed by atoms with van der Waals surface area (Å²) in [5.74, 6) is 1.49. The Labute approximate surface area is 218 Å². The number of aromatic nitrogens is 3. The molecule has 10 heteroatoms. The number of hydrogen-bond donors (Lipinski definition) is 1. The molecule has 0 saturated carbocycles. The number of carbonyl (C=O) groups excluding carboxylic acids is 1. The third-order valence-electron chi connectivity index (χ3n) is 7.47. The smallest absolute Gasteiger partial charge is 0.256 e. The number of aryl methyl sites for hydroxylation is 2. The molecule has 9 nitrogen and oxygen atoms in total. The molecule has 4 heterocycles. The highest BCUT2D eigenvalue weighted by molar-refractivity contribution is 7.92. The van der Waals surface area contributed by atoms with Crippen molar-refractivity contribution in [1.29, 1.82) is 0 Å². The van der Waals surface area contributed by atoms with Crippen LogP contribution in [0, 0.1) is 12.8 Å². The Morgan fingerprint density at radius 3 is 2.68 bits per heavy atom. The Kier molecular flexibility index (Phi) is 6.87. The number of hydrogen-bond acceptors (Lipinski definition) is 6. The molecule has 0 bridgehead atoms.